The van der Waals surface area contributed by atoms with Gasteiger partial charge in [0.15, 0.2) is 8.32 Å². The summed E-state index contributed by atoms with van der Waals surface area (Å²) >= 11 is 0. The van der Waals surface area contributed by atoms with Crippen LogP contribution in [0.5, 0.6) is 0 Å². The Bertz CT molecular complexity index is 663. The number of nitrogens with zero attached hydrogens (tertiary/aromatic N) is 2. The fourth-order valence-corrected chi connectivity index (χ4v) is 3.76. The van der Waals surface area contributed by atoms with Crippen molar-refractivity contribution in [3.8, 4) is 0 Å². The number of amides is 1. The molecule has 0 aromatic heterocycles. The van der Waals surface area contributed by atoms with Crippen LogP contribution in [0.25, 0.3) is 0 Å². The average Bonchev–Trinajstić information content (AvgIpc) is 2.53. The quantitative estimate of drug-likeness (QED) is 0.459. The maximum absolute atomic E-state index is 12.4. The van der Waals surface area contributed by atoms with Crippen LogP contribution in [-0.4, -0.2) is 38.1 Å². The largest absolute Gasteiger partial charge is 0.417 e. The van der Waals surface area contributed by atoms with Gasteiger partial charge in [-0.25, -0.2) is 5.01 Å². The highest BCUT2D eigenvalue weighted by Crippen LogP contribution is 2.36. The summed E-state index contributed by atoms with van der Waals surface area (Å²) in [6.07, 6.45) is 1.29. The van der Waals surface area contributed by atoms with Gasteiger partial charge in [0.25, 0.3) is 0 Å². The van der Waals surface area contributed by atoms with Gasteiger partial charge in [0.05, 0.1) is 5.71 Å². The fourth-order valence-electron chi connectivity index (χ4n) is 2.68. The van der Waals surface area contributed by atoms with E-state index in [1.165, 1.54) is 0 Å². The van der Waals surface area contributed by atoms with E-state index in [-0.39, 0.29) is 16.9 Å². The molecule has 1 aromatic rings. The molecule has 1 amide bonds. The molecule has 2 N–H and O–H groups in total. The van der Waals surface area contributed by atoms with Crippen molar-refractivity contribution in [2.45, 2.75) is 58.7 Å². The molecule has 1 atom stereocenters. The number of hydrazone groups is 1. The molecule has 1 aliphatic rings. The molecule has 0 radical (unpaired) electrons. The molecule has 0 saturated heterocycles. The van der Waals surface area contributed by atoms with Crippen molar-refractivity contribution in [2.75, 3.05) is 18.9 Å². The van der Waals surface area contributed by atoms with Gasteiger partial charge in [0.2, 0.25) is 5.91 Å². The number of hydrogen-bond acceptors (Lipinski definition) is 4. The van der Waals surface area contributed by atoms with E-state index in [0.29, 0.717) is 19.6 Å². The van der Waals surface area contributed by atoms with Crippen molar-refractivity contribution in [1.82, 2.24) is 5.01 Å². The third kappa shape index (κ3) is 4.95. The van der Waals surface area contributed by atoms with Gasteiger partial charge in [-0.05, 0) is 42.2 Å². The summed E-state index contributed by atoms with van der Waals surface area (Å²) in [5.74, 6) is 0.204. The first-order valence-electron chi connectivity index (χ1n) is 9.40. The number of nitrogen functional groups attached to an aromatic ring is 1. The lowest BCUT2D eigenvalue weighted by atomic mass is 9.93. The van der Waals surface area contributed by atoms with Crippen molar-refractivity contribution in [1.29, 1.82) is 0 Å². The predicted octanol–water partition coefficient (Wildman–Crippen LogP) is 4.25. The van der Waals surface area contributed by atoms with Gasteiger partial charge >= 0.3 is 0 Å². The second-order valence-electron chi connectivity index (χ2n) is 8.69. The molecule has 5 nitrogen and oxygen atoms in total. The first-order chi connectivity index (χ1) is 12.0. The minimum atomic E-state index is -1.74. The van der Waals surface area contributed by atoms with Gasteiger partial charge in [0.1, 0.15) is 0 Å². The summed E-state index contributed by atoms with van der Waals surface area (Å²) in [7, 11) is -1.74. The molecule has 1 unspecified atom stereocenters. The minimum absolute atomic E-state index is 0.0871. The van der Waals surface area contributed by atoms with Crippen LogP contribution in [0, 0.1) is 5.92 Å². The molecule has 0 aliphatic carbocycles. The van der Waals surface area contributed by atoms with Crippen LogP contribution in [0.1, 0.15) is 46.1 Å². The van der Waals surface area contributed by atoms with Crippen molar-refractivity contribution >= 4 is 25.6 Å². The number of nitrogens with two attached hydrogens (primary N) is 1. The molecular formula is C20H33N3O2Si. The van der Waals surface area contributed by atoms with Gasteiger partial charge in [-0.3, -0.25) is 4.79 Å². The Morgan fingerprint density at radius 1 is 1.27 bits per heavy atom. The molecular weight excluding hydrogens is 342 g/mol. The summed E-state index contributed by atoms with van der Waals surface area (Å²) in [6.45, 7) is 14.5. The zero-order valence-electron chi connectivity index (χ0n) is 17.0. The smallest absolute Gasteiger partial charge is 0.243 e. The van der Waals surface area contributed by atoms with Crippen molar-refractivity contribution in [3.63, 3.8) is 0 Å². The van der Waals surface area contributed by atoms with Crippen LogP contribution in [0.2, 0.25) is 18.1 Å². The second kappa shape index (κ2) is 7.92. The maximum atomic E-state index is 12.4. The van der Waals surface area contributed by atoms with Crippen LogP contribution >= 0.6 is 0 Å². The number of benzene rings is 1. The average molecular weight is 376 g/mol. The molecule has 26 heavy (non-hydrogen) atoms. The van der Waals surface area contributed by atoms with E-state index in [0.717, 1.165) is 23.4 Å². The minimum Gasteiger partial charge on any atom is -0.417 e. The Kier molecular flexibility index (Phi) is 6.29. The number of rotatable bonds is 6. The van der Waals surface area contributed by atoms with Gasteiger partial charge in [-0.2, -0.15) is 5.10 Å². The summed E-state index contributed by atoms with van der Waals surface area (Å²) < 4.78 is 6.20. The van der Waals surface area contributed by atoms with Crippen LogP contribution in [0.3, 0.4) is 0 Å². The van der Waals surface area contributed by atoms with Crippen molar-refractivity contribution < 1.29 is 9.22 Å². The van der Waals surface area contributed by atoms with Gasteiger partial charge < -0.3 is 10.2 Å². The van der Waals surface area contributed by atoms with Crippen molar-refractivity contribution in [3.05, 3.63) is 29.8 Å². The second-order valence-corrected chi connectivity index (χ2v) is 13.5. The summed E-state index contributed by atoms with van der Waals surface area (Å²) in [4.78, 5) is 12.4. The SMILES string of the molecule is CC1CC(=O)N(CCCO[Si](C)(C)C(C)(C)C)N=C1c1ccc(N)cc1. The number of carbonyl (C=O) groups excluding carboxylic acids is 1. The van der Waals surface area contributed by atoms with Gasteiger partial charge in [0, 0.05) is 31.2 Å². The van der Waals surface area contributed by atoms with Crippen LogP contribution in [0.15, 0.2) is 29.4 Å². The lowest BCUT2D eigenvalue weighted by molar-refractivity contribution is -0.132. The highest BCUT2D eigenvalue weighted by molar-refractivity contribution is 6.74. The lowest BCUT2D eigenvalue weighted by Crippen LogP contribution is -2.41. The summed E-state index contributed by atoms with van der Waals surface area (Å²) in [6, 6.07) is 7.69. The van der Waals surface area contributed by atoms with Crippen molar-refractivity contribution in [2.24, 2.45) is 11.0 Å². The molecule has 1 heterocycles. The molecule has 144 valence electrons. The summed E-state index contributed by atoms with van der Waals surface area (Å²) in [5.41, 5.74) is 8.48. The first-order valence-corrected chi connectivity index (χ1v) is 12.3. The monoisotopic (exact) mass is 375 g/mol. The topological polar surface area (TPSA) is 67.9 Å². The third-order valence-corrected chi connectivity index (χ3v) is 9.99. The fraction of sp³-hybridized carbons (Fsp3) is 0.600. The van der Waals surface area contributed by atoms with Crippen LogP contribution < -0.4 is 5.73 Å². The Hall–Kier alpha value is -1.66. The molecule has 0 spiro atoms. The molecule has 0 fully saturated rings. The molecule has 6 heteroatoms. The van der Waals surface area contributed by atoms with E-state index in [1.807, 2.05) is 31.2 Å². The zero-order chi connectivity index (χ0) is 19.5. The van der Waals surface area contributed by atoms with E-state index in [4.69, 9.17) is 10.2 Å². The van der Waals surface area contributed by atoms with E-state index in [2.05, 4.69) is 39.0 Å². The Labute approximate surface area is 158 Å². The summed E-state index contributed by atoms with van der Waals surface area (Å²) in [5, 5.41) is 6.45. The number of anilines is 1. The Morgan fingerprint density at radius 3 is 2.46 bits per heavy atom. The van der Waals surface area contributed by atoms with E-state index < -0.39 is 8.32 Å². The Morgan fingerprint density at radius 2 is 1.88 bits per heavy atom. The van der Waals surface area contributed by atoms with E-state index in [9.17, 15) is 4.79 Å². The lowest BCUT2D eigenvalue weighted by Gasteiger charge is -2.36. The molecule has 0 bridgehead atoms. The normalized spacial score (nSPS) is 18.8. The van der Waals surface area contributed by atoms with Crippen LogP contribution in [-0.2, 0) is 9.22 Å². The Balaban J connectivity index is 2.00. The van der Waals surface area contributed by atoms with Gasteiger partial charge in [-0.1, -0.05) is 39.8 Å². The predicted molar refractivity (Wildman–Crippen MR) is 111 cm³/mol. The highest BCUT2D eigenvalue weighted by atomic mass is 28.4. The first kappa shape index (κ1) is 20.6. The number of hydrogen-bond donors (Lipinski definition) is 1. The van der Waals surface area contributed by atoms with Gasteiger partial charge in [-0.15, -0.1) is 0 Å². The van der Waals surface area contributed by atoms with E-state index >= 15 is 0 Å². The molecule has 1 aromatic carbocycles. The third-order valence-electron chi connectivity index (χ3n) is 5.45. The highest BCUT2D eigenvalue weighted by Gasteiger charge is 2.37. The van der Waals surface area contributed by atoms with E-state index in [1.54, 1.807) is 5.01 Å². The molecule has 2 rings (SSSR count). The number of carbonyl (C=O) groups is 1. The zero-order valence-corrected chi connectivity index (χ0v) is 18.0. The maximum Gasteiger partial charge on any atom is 0.243 e. The molecule has 0 saturated carbocycles. The molecule has 1 aliphatic heterocycles. The van der Waals surface area contributed by atoms with Crippen LogP contribution in [0.4, 0.5) is 5.69 Å². The standard InChI is InChI=1S/C20H33N3O2Si/c1-15-14-18(24)23(12-7-13-25-26(5,6)20(2,3)4)22-19(15)16-8-10-17(21)11-9-16/h8-11,15H,7,12-14,21H2,1-6H3.